The van der Waals surface area contributed by atoms with Gasteiger partial charge in [0.15, 0.2) is 17.3 Å². The van der Waals surface area contributed by atoms with Gasteiger partial charge >= 0.3 is 0 Å². The summed E-state index contributed by atoms with van der Waals surface area (Å²) in [4.78, 5) is 22.2. The van der Waals surface area contributed by atoms with Gasteiger partial charge in [0, 0.05) is 41.5 Å². The molecule has 1 aliphatic carbocycles. The molecule has 0 bridgehead atoms. The molecule has 0 spiro atoms. The highest BCUT2D eigenvalue weighted by atomic mass is 35.5. The van der Waals surface area contributed by atoms with Crippen molar-refractivity contribution in [2.75, 3.05) is 24.9 Å². The molecule has 2 heterocycles. The van der Waals surface area contributed by atoms with Gasteiger partial charge in [0.2, 0.25) is 5.95 Å². The average Bonchev–Trinajstić information content (AvgIpc) is 3.34. The van der Waals surface area contributed by atoms with E-state index in [4.69, 9.17) is 37.5 Å². The van der Waals surface area contributed by atoms with E-state index in [1.807, 2.05) is 12.1 Å². The third kappa shape index (κ3) is 5.02. The van der Waals surface area contributed by atoms with E-state index < -0.39 is 5.91 Å². The number of hydrogen-bond acceptors (Lipinski definition) is 9. The molecule has 0 aliphatic heterocycles. The summed E-state index contributed by atoms with van der Waals surface area (Å²) >= 11 is 6.43. The molecule has 4 aromatic rings. The molecule has 1 fully saturated rings. The number of methoxy groups -OCH3 is 2. The number of nitrogens with two attached hydrogens (primary N) is 2. The molecule has 5 rings (SSSR count). The Morgan fingerprint density at radius 1 is 1.08 bits per heavy atom. The standard InChI is InChI=1S/C26H29ClN8O3/c1-37-15-11-14(12-16(13-15)38-2)30-24-21(22(29)36)25-32-23(17-7-3-4-8-18(17)27)34-35(25)26(33-24)31-20-10-6-5-9-19(20)28/h3-4,7-8,11-13,19-20,30H,5-6,9-10,28H2,1-2H3,(H2,29,36)(H,31,33)/t19-,20+/m1/s1. The Labute approximate surface area is 224 Å². The number of aromatic nitrogens is 4. The summed E-state index contributed by atoms with van der Waals surface area (Å²) < 4.78 is 12.3. The molecule has 0 saturated heterocycles. The Hall–Kier alpha value is -4.09. The van der Waals surface area contributed by atoms with E-state index in [2.05, 4.69) is 20.7 Å². The van der Waals surface area contributed by atoms with Crippen LogP contribution in [0.5, 0.6) is 11.5 Å². The van der Waals surface area contributed by atoms with Crippen LogP contribution in [-0.2, 0) is 0 Å². The fourth-order valence-corrected chi connectivity index (χ4v) is 4.85. The molecule has 2 aromatic heterocycles. The number of carbonyl (C=O) groups is 1. The third-order valence-corrected chi connectivity index (χ3v) is 6.92. The second-order valence-electron chi connectivity index (χ2n) is 9.10. The molecule has 1 aliphatic rings. The minimum Gasteiger partial charge on any atom is -0.497 e. The van der Waals surface area contributed by atoms with Crippen LogP contribution in [0.25, 0.3) is 17.0 Å². The maximum atomic E-state index is 12.8. The monoisotopic (exact) mass is 536 g/mol. The van der Waals surface area contributed by atoms with E-state index >= 15 is 0 Å². The Bertz CT molecular complexity index is 1470. The van der Waals surface area contributed by atoms with Crippen molar-refractivity contribution in [2.24, 2.45) is 11.5 Å². The number of rotatable bonds is 8. The van der Waals surface area contributed by atoms with Crippen molar-refractivity contribution >= 4 is 40.6 Å². The van der Waals surface area contributed by atoms with Crippen molar-refractivity contribution in [1.29, 1.82) is 0 Å². The van der Waals surface area contributed by atoms with E-state index in [-0.39, 0.29) is 29.1 Å². The molecule has 12 heteroatoms. The highest BCUT2D eigenvalue weighted by Gasteiger charge is 2.27. The number of nitrogens with one attached hydrogen (secondary N) is 2. The van der Waals surface area contributed by atoms with E-state index in [1.54, 1.807) is 44.6 Å². The fourth-order valence-electron chi connectivity index (χ4n) is 4.62. The van der Waals surface area contributed by atoms with E-state index in [0.717, 1.165) is 25.7 Å². The van der Waals surface area contributed by atoms with Crippen LogP contribution >= 0.6 is 11.6 Å². The number of benzene rings is 2. The van der Waals surface area contributed by atoms with Gasteiger partial charge in [-0.1, -0.05) is 36.6 Å². The predicted octanol–water partition coefficient (Wildman–Crippen LogP) is 3.99. The number of fused-ring (bicyclic) bond motifs is 1. The minimum atomic E-state index is -0.723. The zero-order valence-electron chi connectivity index (χ0n) is 21.1. The molecule has 0 unspecified atom stereocenters. The number of anilines is 3. The summed E-state index contributed by atoms with van der Waals surface area (Å²) in [5.41, 5.74) is 13.8. The summed E-state index contributed by atoms with van der Waals surface area (Å²) in [7, 11) is 3.11. The largest absolute Gasteiger partial charge is 0.497 e. The number of amides is 1. The zero-order valence-corrected chi connectivity index (χ0v) is 21.8. The number of nitrogens with zero attached hydrogens (tertiary/aromatic N) is 4. The van der Waals surface area contributed by atoms with Gasteiger partial charge in [-0.2, -0.15) is 9.50 Å². The van der Waals surface area contributed by atoms with Crippen molar-refractivity contribution in [2.45, 2.75) is 37.8 Å². The quantitative estimate of drug-likeness (QED) is 0.261. The van der Waals surface area contributed by atoms with E-state index in [0.29, 0.717) is 39.5 Å². The molecule has 198 valence electrons. The molecule has 2 atom stereocenters. The molecule has 1 amide bonds. The lowest BCUT2D eigenvalue weighted by molar-refractivity contribution is 0.100. The van der Waals surface area contributed by atoms with Gasteiger partial charge in [0.05, 0.1) is 19.2 Å². The SMILES string of the molecule is COc1cc(Nc2nc(N[C@H]3CCCC[C@H]3N)n3nc(-c4ccccc4Cl)nc3c2C(N)=O)cc(OC)c1. The van der Waals surface area contributed by atoms with E-state index in [9.17, 15) is 4.79 Å². The van der Waals surface area contributed by atoms with Crippen LogP contribution in [0.15, 0.2) is 42.5 Å². The Morgan fingerprint density at radius 3 is 2.45 bits per heavy atom. The lowest BCUT2D eigenvalue weighted by atomic mass is 9.91. The van der Waals surface area contributed by atoms with Crippen molar-refractivity contribution < 1.29 is 14.3 Å². The summed E-state index contributed by atoms with van der Waals surface area (Å²) in [5, 5.41) is 11.8. The summed E-state index contributed by atoms with van der Waals surface area (Å²) in [6.45, 7) is 0. The first-order chi connectivity index (χ1) is 18.4. The van der Waals surface area contributed by atoms with Crippen LogP contribution in [0.3, 0.4) is 0 Å². The predicted molar refractivity (Wildman–Crippen MR) is 146 cm³/mol. The Morgan fingerprint density at radius 2 is 1.79 bits per heavy atom. The van der Waals surface area contributed by atoms with Crippen LogP contribution in [0.2, 0.25) is 5.02 Å². The fraction of sp³-hybridized carbons (Fsp3) is 0.308. The van der Waals surface area contributed by atoms with Crippen LogP contribution in [0, 0.1) is 0 Å². The highest BCUT2D eigenvalue weighted by Crippen LogP contribution is 2.33. The first-order valence-electron chi connectivity index (χ1n) is 12.3. The third-order valence-electron chi connectivity index (χ3n) is 6.60. The minimum absolute atomic E-state index is 0.0309. The summed E-state index contributed by atoms with van der Waals surface area (Å²) in [5.74, 6) is 1.29. The second kappa shape index (κ2) is 10.7. The van der Waals surface area contributed by atoms with Crippen LogP contribution in [0.4, 0.5) is 17.5 Å². The molecule has 11 nitrogen and oxygen atoms in total. The molecule has 6 N–H and O–H groups in total. The van der Waals surface area contributed by atoms with Gasteiger partial charge < -0.3 is 31.6 Å². The summed E-state index contributed by atoms with van der Waals surface area (Å²) in [6.07, 6.45) is 3.90. The molecular formula is C26H29ClN8O3. The second-order valence-corrected chi connectivity index (χ2v) is 9.51. The lowest BCUT2D eigenvalue weighted by Crippen LogP contribution is -2.43. The van der Waals surface area contributed by atoms with Crippen molar-refractivity contribution in [1.82, 2.24) is 19.6 Å². The number of hydrogen-bond donors (Lipinski definition) is 4. The van der Waals surface area contributed by atoms with Crippen molar-refractivity contribution in [3.8, 4) is 22.9 Å². The Kier molecular flexibility index (Phi) is 7.21. The molecule has 38 heavy (non-hydrogen) atoms. The molecule has 0 radical (unpaired) electrons. The maximum absolute atomic E-state index is 12.8. The van der Waals surface area contributed by atoms with Crippen LogP contribution in [-0.4, -0.2) is 51.8 Å². The topological polar surface area (TPSA) is 155 Å². The van der Waals surface area contributed by atoms with Gasteiger partial charge in [-0.05, 0) is 25.0 Å². The van der Waals surface area contributed by atoms with Gasteiger partial charge in [-0.15, -0.1) is 5.10 Å². The number of carbonyl (C=O) groups excluding carboxylic acids is 1. The van der Waals surface area contributed by atoms with Crippen molar-refractivity contribution in [3.63, 3.8) is 0 Å². The van der Waals surface area contributed by atoms with Gasteiger partial charge in [0.1, 0.15) is 17.1 Å². The average molecular weight is 537 g/mol. The normalized spacial score (nSPS) is 17.3. The smallest absolute Gasteiger partial charge is 0.256 e. The first-order valence-corrected chi connectivity index (χ1v) is 12.6. The van der Waals surface area contributed by atoms with Gasteiger partial charge in [-0.25, -0.2) is 4.98 Å². The van der Waals surface area contributed by atoms with Crippen molar-refractivity contribution in [3.05, 3.63) is 53.1 Å². The van der Waals surface area contributed by atoms with Gasteiger partial charge in [0.25, 0.3) is 5.91 Å². The zero-order chi connectivity index (χ0) is 26.8. The molecule has 1 saturated carbocycles. The summed E-state index contributed by atoms with van der Waals surface area (Å²) in [6, 6.07) is 12.4. The molecular weight excluding hydrogens is 508 g/mol. The maximum Gasteiger partial charge on any atom is 0.256 e. The van der Waals surface area contributed by atoms with Gasteiger partial charge in [-0.3, -0.25) is 4.79 Å². The van der Waals surface area contributed by atoms with Crippen LogP contribution in [0.1, 0.15) is 36.0 Å². The molecule has 2 aromatic carbocycles. The van der Waals surface area contributed by atoms with Crippen LogP contribution < -0.4 is 31.6 Å². The Balaban J connectivity index is 1.69. The highest BCUT2D eigenvalue weighted by molar-refractivity contribution is 6.33. The lowest BCUT2D eigenvalue weighted by Gasteiger charge is -2.29. The van der Waals surface area contributed by atoms with E-state index in [1.165, 1.54) is 4.52 Å². The first kappa shape index (κ1) is 25.6. The number of primary amides is 1. The number of halogens is 1. The number of ether oxygens (including phenoxy) is 2.